The normalized spacial score (nSPS) is 11.2. The topological polar surface area (TPSA) is 81.7 Å². The Labute approximate surface area is 154 Å². The lowest BCUT2D eigenvalue weighted by atomic mass is 10.3. The molecule has 2 aromatic carbocycles. The monoisotopic (exact) mass is 403 g/mol. The fraction of sp³-hybridized carbons (Fsp3) is 0.235. The minimum atomic E-state index is -4.08. The Bertz CT molecular complexity index is 888. The number of halogens is 3. The molecule has 10 heteroatoms. The average Bonchev–Trinajstić information content (AvgIpc) is 2.62. The summed E-state index contributed by atoms with van der Waals surface area (Å²) in [7, 11) is -4.08. The van der Waals surface area contributed by atoms with Gasteiger partial charge in [-0.05, 0) is 42.5 Å². The number of rotatable bonds is 9. The summed E-state index contributed by atoms with van der Waals surface area (Å²) in [6.45, 7) is -0.316. The molecule has 0 aliphatic rings. The van der Waals surface area contributed by atoms with Crippen LogP contribution in [0.15, 0.2) is 47.4 Å². The molecule has 0 amide bonds. The van der Waals surface area contributed by atoms with Crippen molar-refractivity contribution < 1.29 is 35.9 Å². The van der Waals surface area contributed by atoms with Gasteiger partial charge in [-0.3, -0.25) is 4.79 Å². The first kappa shape index (κ1) is 20.7. The Morgan fingerprint density at radius 1 is 0.963 bits per heavy atom. The number of esters is 1. The summed E-state index contributed by atoms with van der Waals surface area (Å²) >= 11 is 0. The van der Waals surface area contributed by atoms with Crippen molar-refractivity contribution in [3.05, 3.63) is 59.9 Å². The standard InChI is InChI=1S/C17H16F3NO5S/c18-12-1-3-13(4-2-12)25-9-10-26-17(22)7-8-21-27(23,24)14-5-6-15(19)16(20)11-14/h1-6,11,21H,7-10H2. The summed E-state index contributed by atoms with van der Waals surface area (Å²) in [5, 5.41) is 0. The van der Waals surface area contributed by atoms with E-state index in [0.29, 0.717) is 17.9 Å². The van der Waals surface area contributed by atoms with Crippen LogP contribution in [-0.4, -0.2) is 34.1 Å². The van der Waals surface area contributed by atoms with Crippen LogP contribution in [0.2, 0.25) is 0 Å². The van der Waals surface area contributed by atoms with Gasteiger partial charge < -0.3 is 9.47 Å². The zero-order valence-corrected chi connectivity index (χ0v) is 14.8. The second kappa shape index (κ2) is 9.38. The molecule has 0 heterocycles. The third-order valence-corrected chi connectivity index (χ3v) is 4.71. The maximum Gasteiger partial charge on any atom is 0.307 e. The molecule has 146 valence electrons. The van der Waals surface area contributed by atoms with Gasteiger partial charge in [0.1, 0.15) is 24.8 Å². The van der Waals surface area contributed by atoms with Crippen molar-refractivity contribution in [2.45, 2.75) is 11.3 Å². The summed E-state index contributed by atoms with van der Waals surface area (Å²) in [6, 6.07) is 7.43. The predicted octanol–water partition coefficient (Wildman–Crippen LogP) is 2.39. The molecule has 0 saturated carbocycles. The third-order valence-electron chi connectivity index (χ3n) is 3.25. The van der Waals surface area contributed by atoms with E-state index in [0.717, 1.165) is 6.07 Å². The zero-order chi connectivity index (χ0) is 19.9. The second-order valence-corrected chi connectivity index (χ2v) is 7.01. The number of carbonyl (C=O) groups is 1. The maximum absolute atomic E-state index is 13.1. The molecule has 0 atom stereocenters. The molecule has 0 unspecified atom stereocenters. The van der Waals surface area contributed by atoms with E-state index in [1.807, 2.05) is 0 Å². The van der Waals surface area contributed by atoms with Crippen molar-refractivity contribution >= 4 is 16.0 Å². The second-order valence-electron chi connectivity index (χ2n) is 5.25. The van der Waals surface area contributed by atoms with Crippen molar-refractivity contribution in [2.24, 2.45) is 0 Å². The molecular weight excluding hydrogens is 387 g/mol. The highest BCUT2D eigenvalue weighted by Gasteiger charge is 2.16. The van der Waals surface area contributed by atoms with Crippen LogP contribution in [0.25, 0.3) is 0 Å². The Kier molecular flexibility index (Phi) is 7.19. The van der Waals surface area contributed by atoms with E-state index in [1.54, 1.807) is 0 Å². The van der Waals surface area contributed by atoms with E-state index in [-0.39, 0.29) is 26.2 Å². The maximum atomic E-state index is 13.1. The Balaban J connectivity index is 1.69. The van der Waals surface area contributed by atoms with Gasteiger partial charge in [0.15, 0.2) is 11.6 Å². The molecule has 2 rings (SSSR count). The molecule has 0 aromatic heterocycles. The van der Waals surface area contributed by atoms with Gasteiger partial charge in [-0.15, -0.1) is 0 Å². The van der Waals surface area contributed by atoms with E-state index in [2.05, 4.69) is 4.72 Å². The largest absolute Gasteiger partial charge is 0.490 e. The molecule has 6 nitrogen and oxygen atoms in total. The molecule has 0 radical (unpaired) electrons. The number of sulfonamides is 1. The van der Waals surface area contributed by atoms with Crippen molar-refractivity contribution in [1.82, 2.24) is 4.72 Å². The molecule has 0 aliphatic carbocycles. The first-order valence-corrected chi connectivity index (χ1v) is 9.25. The first-order valence-electron chi connectivity index (χ1n) is 7.76. The highest BCUT2D eigenvalue weighted by atomic mass is 32.2. The lowest BCUT2D eigenvalue weighted by Gasteiger charge is -2.09. The molecule has 0 spiro atoms. The van der Waals surface area contributed by atoms with Crippen LogP contribution >= 0.6 is 0 Å². The van der Waals surface area contributed by atoms with Gasteiger partial charge in [0.05, 0.1) is 11.3 Å². The van der Waals surface area contributed by atoms with Gasteiger partial charge in [0.2, 0.25) is 10.0 Å². The van der Waals surface area contributed by atoms with E-state index in [9.17, 15) is 26.4 Å². The summed E-state index contributed by atoms with van der Waals surface area (Å²) in [5.41, 5.74) is 0. The van der Waals surface area contributed by atoms with Crippen molar-refractivity contribution in [3.8, 4) is 5.75 Å². The number of carbonyl (C=O) groups excluding carboxylic acids is 1. The predicted molar refractivity (Wildman–Crippen MR) is 89.0 cm³/mol. The Hall–Kier alpha value is -2.59. The quantitative estimate of drug-likeness (QED) is 0.514. The SMILES string of the molecule is O=C(CCNS(=O)(=O)c1ccc(F)c(F)c1)OCCOc1ccc(F)cc1. The van der Waals surface area contributed by atoms with Gasteiger partial charge in [0.25, 0.3) is 0 Å². The molecule has 27 heavy (non-hydrogen) atoms. The molecule has 0 bridgehead atoms. The molecule has 0 fully saturated rings. The number of hydrogen-bond acceptors (Lipinski definition) is 5. The van der Waals surface area contributed by atoms with E-state index in [1.165, 1.54) is 24.3 Å². The van der Waals surface area contributed by atoms with Gasteiger partial charge >= 0.3 is 5.97 Å². The van der Waals surface area contributed by atoms with Crippen LogP contribution in [0.1, 0.15) is 6.42 Å². The van der Waals surface area contributed by atoms with Crippen LogP contribution in [0.3, 0.4) is 0 Å². The lowest BCUT2D eigenvalue weighted by Crippen LogP contribution is -2.27. The third kappa shape index (κ3) is 6.57. The highest BCUT2D eigenvalue weighted by Crippen LogP contribution is 2.13. The van der Waals surface area contributed by atoms with Crippen molar-refractivity contribution in [3.63, 3.8) is 0 Å². The summed E-state index contributed by atoms with van der Waals surface area (Å²) in [4.78, 5) is 11.1. The molecule has 1 N–H and O–H groups in total. The van der Waals surface area contributed by atoms with Gasteiger partial charge in [-0.1, -0.05) is 0 Å². The number of nitrogens with one attached hydrogen (secondary N) is 1. The fourth-order valence-electron chi connectivity index (χ4n) is 1.93. The summed E-state index contributed by atoms with van der Waals surface area (Å²) in [5.74, 6) is -3.13. The van der Waals surface area contributed by atoms with E-state index >= 15 is 0 Å². The lowest BCUT2D eigenvalue weighted by molar-refractivity contribution is -0.144. The van der Waals surface area contributed by atoms with Crippen LogP contribution in [-0.2, 0) is 19.6 Å². The smallest absolute Gasteiger partial charge is 0.307 e. The average molecular weight is 403 g/mol. The van der Waals surface area contributed by atoms with E-state index < -0.39 is 38.3 Å². The Morgan fingerprint density at radius 2 is 1.67 bits per heavy atom. The van der Waals surface area contributed by atoms with Crippen molar-refractivity contribution in [2.75, 3.05) is 19.8 Å². The Morgan fingerprint density at radius 3 is 2.33 bits per heavy atom. The molecule has 0 saturated heterocycles. The fourth-order valence-corrected chi connectivity index (χ4v) is 2.98. The summed E-state index contributed by atoms with van der Waals surface area (Å²) < 4.78 is 74.7. The van der Waals surface area contributed by atoms with Crippen LogP contribution in [0.4, 0.5) is 13.2 Å². The number of ether oxygens (including phenoxy) is 2. The van der Waals surface area contributed by atoms with Crippen molar-refractivity contribution in [1.29, 1.82) is 0 Å². The highest BCUT2D eigenvalue weighted by molar-refractivity contribution is 7.89. The minimum Gasteiger partial charge on any atom is -0.490 e. The summed E-state index contributed by atoms with van der Waals surface area (Å²) in [6.07, 6.45) is -0.264. The molecule has 2 aromatic rings. The number of hydrogen-bond donors (Lipinski definition) is 1. The molecular formula is C17H16F3NO5S. The van der Waals surface area contributed by atoms with Gasteiger partial charge in [-0.25, -0.2) is 26.3 Å². The zero-order valence-electron chi connectivity index (χ0n) is 14.0. The minimum absolute atomic E-state index is 0.0396. The van der Waals surface area contributed by atoms with Crippen LogP contribution in [0.5, 0.6) is 5.75 Å². The van der Waals surface area contributed by atoms with Crippen LogP contribution in [0, 0.1) is 17.5 Å². The van der Waals surface area contributed by atoms with Gasteiger partial charge in [0, 0.05) is 6.54 Å². The first-order chi connectivity index (χ1) is 12.8. The van der Waals surface area contributed by atoms with Crippen LogP contribution < -0.4 is 9.46 Å². The van der Waals surface area contributed by atoms with E-state index in [4.69, 9.17) is 9.47 Å². The van der Waals surface area contributed by atoms with Gasteiger partial charge in [-0.2, -0.15) is 0 Å². The molecule has 0 aliphatic heterocycles. The number of benzene rings is 2.